The molecule has 0 spiro atoms. The predicted molar refractivity (Wildman–Crippen MR) is 54.7 cm³/mol. The smallest absolute Gasteiger partial charge is 0.154 e. The van der Waals surface area contributed by atoms with Gasteiger partial charge in [-0.05, 0) is 15.9 Å². The summed E-state index contributed by atoms with van der Waals surface area (Å²) in [6.45, 7) is 2.41. The number of hydrogen-bond donors (Lipinski definition) is 1. The van der Waals surface area contributed by atoms with Crippen molar-refractivity contribution < 1.29 is 9.84 Å². The minimum absolute atomic E-state index is 0.00787. The van der Waals surface area contributed by atoms with Crippen LogP contribution < -0.4 is 0 Å². The molecule has 0 aliphatic rings. The van der Waals surface area contributed by atoms with E-state index in [1.165, 1.54) is 0 Å². The number of nitrogens with zero attached hydrogens (tertiary/aromatic N) is 3. The number of ether oxygens (including phenoxy) is 1. The molecule has 1 N–H and O–H groups in total. The van der Waals surface area contributed by atoms with Crippen molar-refractivity contribution in [1.29, 1.82) is 0 Å². The zero-order valence-electron chi connectivity index (χ0n) is 8.44. The fourth-order valence-electron chi connectivity index (χ4n) is 1.28. The third-order valence-electron chi connectivity index (χ3n) is 2.08. The van der Waals surface area contributed by atoms with Gasteiger partial charge in [0.05, 0.1) is 6.61 Å². The standard InChI is InChI=1S/C8H14BrN3O2/c1-5(4-14-3)7(13)6-8(9)10-11-12(6)2/h5,7,13H,4H2,1-3H3. The lowest BCUT2D eigenvalue weighted by Gasteiger charge is -2.17. The fourth-order valence-corrected chi connectivity index (χ4v) is 1.84. The van der Waals surface area contributed by atoms with Gasteiger partial charge in [-0.25, -0.2) is 4.68 Å². The van der Waals surface area contributed by atoms with E-state index in [4.69, 9.17) is 4.74 Å². The summed E-state index contributed by atoms with van der Waals surface area (Å²) in [6.07, 6.45) is -0.621. The number of methoxy groups -OCH3 is 1. The molecule has 80 valence electrons. The molecule has 2 unspecified atom stereocenters. The summed E-state index contributed by atoms with van der Waals surface area (Å²) in [6, 6.07) is 0. The minimum atomic E-state index is -0.621. The molecule has 1 heterocycles. The van der Waals surface area contributed by atoms with Crippen molar-refractivity contribution in [2.24, 2.45) is 13.0 Å². The van der Waals surface area contributed by atoms with Gasteiger partial charge in [0.1, 0.15) is 11.8 Å². The Labute approximate surface area is 91.2 Å². The first-order chi connectivity index (χ1) is 6.57. The maximum absolute atomic E-state index is 9.96. The molecule has 0 aromatic carbocycles. The molecule has 1 aromatic rings. The van der Waals surface area contributed by atoms with Crippen LogP contribution in [0.15, 0.2) is 4.60 Å². The lowest BCUT2D eigenvalue weighted by Crippen LogP contribution is -2.17. The summed E-state index contributed by atoms with van der Waals surface area (Å²) < 4.78 is 7.11. The van der Waals surface area contributed by atoms with Gasteiger partial charge in [0.15, 0.2) is 4.60 Å². The van der Waals surface area contributed by atoms with Gasteiger partial charge in [0, 0.05) is 20.1 Å². The van der Waals surface area contributed by atoms with Gasteiger partial charge in [-0.15, -0.1) is 5.10 Å². The first-order valence-corrected chi connectivity index (χ1v) is 5.09. The van der Waals surface area contributed by atoms with Gasteiger partial charge in [0.25, 0.3) is 0 Å². The van der Waals surface area contributed by atoms with Crippen LogP contribution in [0, 0.1) is 5.92 Å². The maximum Gasteiger partial charge on any atom is 0.154 e. The molecule has 5 nitrogen and oxygen atoms in total. The van der Waals surface area contributed by atoms with Crippen LogP contribution in [0.5, 0.6) is 0 Å². The Morgan fingerprint density at radius 2 is 2.29 bits per heavy atom. The highest BCUT2D eigenvalue weighted by molar-refractivity contribution is 9.10. The van der Waals surface area contributed by atoms with Crippen molar-refractivity contribution in [3.8, 4) is 0 Å². The van der Waals surface area contributed by atoms with E-state index in [1.807, 2.05) is 6.92 Å². The zero-order chi connectivity index (χ0) is 10.7. The second-order valence-electron chi connectivity index (χ2n) is 3.27. The van der Waals surface area contributed by atoms with E-state index in [9.17, 15) is 5.11 Å². The molecule has 6 heteroatoms. The second-order valence-corrected chi connectivity index (χ2v) is 4.02. The van der Waals surface area contributed by atoms with E-state index >= 15 is 0 Å². The molecule has 0 fully saturated rings. The Morgan fingerprint density at radius 3 is 2.71 bits per heavy atom. The van der Waals surface area contributed by atoms with Crippen LogP contribution in [0.1, 0.15) is 18.7 Å². The van der Waals surface area contributed by atoms with Gasteiger partial charge in [-0.3, -0.25) is 0 Å². The van der Waals surface area contributed by atoms with Crippen molar-refractivity contribution >= 4 is 15.9 Å². The van der Waals surface area contributed by atoms with Crippen molar-refractivity contribution in [2.75, 3.05) is 13.7 Å². The van der Waals surface area contributed by atoms with Crippen LogP contribution in [-0.4, -0.2) is 33.8 Å². The van der Waals surface area contributed by atoms with Crippen molar-refractivity contribution in [3.05, 3.63) is 10.3 Å². The zero-order valence-corrected chi connectivity index (χ0v) is 10.0. The third kappa shape index (κ3) is 2.31. The molecule has 0 amide bonds. The summed E-state index contributed by atoms with van der Waals surface area (Å²) >= 11 is 3.24. The average Bonchev–Trinajstić information content (AvgIpc) is 2.46. The first kappa shape index (κ1) is 11.6. The number of halogens is 1. The highest BCUT2D eigenvalue weighted by atomic mass is 79.9. The monoisotopic (exact) mass is 263 g/mol. The molecule has 1 rings (SSSR count). The van der Waals surface area contributed by atoms with E-state index in [0.29, 0.717) is 16.9 Å². The number of aryl methyl sites for hydroxylation is 1. The molecule has 0 bridgehead atoms. The molecule has 0 aliphatic heterocycles. The molecule has 1 aromatic heterocycles. The summed E-state index contributed by atoms with van der Waals surface area (Å²) in [4.78, 5) is 0. The Morgan fingerprint density at radius 1 is 1.64 bits per heavy atom. The number of aromatic nitrogens is 3. The molecular formula is C8H14BrN3O2. The van der Waals surface area contributed by atoms with Crippen LogP contribution >= 0.6 is 15.9 Å². The number of rotatable bonds is 4. The molecule has 14 heavy (non-hydrogen) atoms. The van der Waals surface area contributed by atoms with Crippen LogP contribution in [0.2, 0.25) is 0 Å². The molecular weight excluding hydrogens is 250 g/mol. The quantitative estimate of drug-likeness (QED) is 0.877. The van der Waals surface area contributed by atoms with Gasteiger partial charge < -0.3 is 9.84 Å². The van der Waals surface area contributed by atoms with Crippen LogP contribution in [0.4, 0.5) is 0 Å². The normalized spacial score (nSPS) is 15.5. The molecule has 0 saturated carbocycles. The van der Waals surface area contributed by atoms with Gasteiger partial charge >= 0.3 is 0 Å². The van der Waals surface area contributed by atoms with E-state index in [1.54, 1.807) is 18.8 Å². The van der Waals surface area contributed by atoms with Crippen LogP contribution in [-0.2, 0) is 11.8 Å². The summed E-state index contributed by atoms with van der Waals surface area (Å²) in [5.74, 6) is 0.00787. The summed E-state index contributed by atoms with van der Waals surface area (Å²) in [5, 5.41) is 17.6. The lowest BCUT2D eigenvalue weighted by atomic mass is 10.0. The Hall–Kier alpha value is -0.460. The topological polar surface area (TPSA) is 60.2 Å². The third-order valence-corrected chi connectivity index (χ3v) is 2.64. The van der Waals surface area contributed by atoms with Crippen molar-refractivity contribution in [1.82, 2.24) is 15.0 Å². The first-order valence-electron chi connectivity index (χ1n) is 4.30. The number of aliphatic hydroxyl groups is 1. The minimum Gasteiger partial charge on any atom is -0.386 e. The van der Waals surface area contributed by atoms with Gasteiger partial charge in [-0.1, -0.05) is 12.1 Å². The Kier molecular flexibility index (Phi) is 4.03. The van der Waals surface area contributed by atoms with E-state index in [0.717, 1.165) is 0 Å². The SMILES string of the molecule is COCC(C)C(O)c1c(Br)nnn1C. The Bertz CT molecular complexity index is 283. The predicted octanol–water partition coefficient (Wildman–Crippen LogP) is 0.893. The molecule has 0 radical (unpaired) electrons. The lowest BCUT2D eigenvalue weighted by molar-refractivity contribution is 0.0513. The highest BCUT2D eigenvalue weighted by Gasteiger charge is 2.23. The summed E-state index contributed by atoms with van der Waals surface area (Å²) in [7, 11) is 3.36. The van der Waals surface area contributed by atoms with E-state index < -0.39 is 6.10 Å². The molecule has 0 saturated heterocycles. The highest BCUT2D eigenvalue weighted by Crippen LogP contribution is 2.26. The largest absolute Gasteiger partial charge is 0.386 e. The maximum atomic E-state index is 9.96. The number of hydrogen-bond acceptors (Lipinski definition) is 4. The van der Waals surface area contributed by atoms with Crippen molar-refractivity contribution in [2.45, 2.75) is 13.0 Å². The fraction of sp³-hybridized carbons (Fsp3) is 0.750. The summed E-state index contributed by atoms with van der Waals surface area (Å²) in [5.41, 5.74) is 0.676. The number of aliphatic hydroxyl groups excluding tert-OH is 1. The van der Waals surface area contributed by atoms with Gasteiger partial charge in [-0.2, -0.15) is 0 Å². The molecule has 2 atom stereocenters. The van der Waals surface area contributed by atoms with E-state index in [-0.39, 0.29) is 5.92 Å². The van der Waals surface area contributed by atoms with Crippen molar-refractivity contribution in [3.63, 3.8) is 0 Å². The average molecular weight is 264 g/mol. The Balaban J connectivity index is 2.82. The van der Waals surface area contributed by atoms with Crippen LogP contribution in [0.25, 0.3) is 0 Å². The van der Waals surface area contributed by atoms with Gasteiger partial charge in [0.2, 0.25) is 0 Å². The van der Waals surface area contributed by atoms with E-state index in [2.05, 4.69) is 26.2 Å². The molecule has 0 aliphatic carbocycles. The van der Waals surface area contributed by atoms with Crippen LogP contribution in [0.3, 0.4) is 0 Å². The second kappa shape index (κ2) is 4.86.